The normalized spacial score (nSPS) is 15.6. The minimum Gasteiger partial charge on any atom is -0.467 e. The fraction of sp³-hybridized carbons (Fsp3) is 0.333. The maximum Gasteiger partial charge on any atom is 0.220 e. The van der Waals surface area contributed by atoms with E-state index in [0.717, 1.165) is 47.5 Å². The highest BCUT2D eigenvalue weighted by atomic mass is 79.9. The predicted octanol–water partition coefficient (Wildman–Crippen LogP) is 1.97. The minimum absolute atomic E-state index is 0.358. The smallest absolute Gasteiger partial charge is 0.220 e. The molecule has 3 rings (SSSR count). The molecular formula is C12H13BrN4O. The Morgan fingerprint density at radius 2 is 2.39 bits per heavy atom. The van der Waals surface area contributed by atoms with Crippen molar-refractivity contribution in [2.75, 3.05) is 12.3 Å². The van der Waals surface area contributed by atoms with Gasteiger partial charge in [-0.25, -0.2) is 9.97 Å². The molecule has 0 aromatic carbocycles. The average molecular weight is 309 g/mol. The Morgan fingerprint density at radius 3 is 3.17 bits per heavy atom. The van der Waals surface area contributed by atoms with E-state index in [1.54, 1.807) is 6.26 Å². The van der Waals surface area contributed by atoms with Crippen LogP contribution in [0.2, 0.25) is 0 Å². The van der Waals surface area contributed by atoms with Crippen LogP contribution in [0.3, 0.4) is 0 Å². The molecule has 2 aromatic rings. The molecule has 0 saturated heterocycles. The molecule has 0 aliphatic carbocycles. The minimum atomic E-state index is 0.358. The lowest BCUT2D eigenvalue weighted by Crippen LogP contribution is -2.30. The molecule has 1 aliphatic heterocycles. The standard InChI is InChI=1S/C12H13BrN4O/c13-9-3-10(18-7-9)6-17-2-1-11-8(5-17)4-15-12(14)16-11/h3-4,7H,1-2,5-6H2,(H2,14,15,16). The zero-order chi connectivity index (χ0) is 12.5. The summed E-state index contributed by atoms with van der Waals surface area (Å²) in [5, 5.41) is 0. The van der Waals surface area contributed by atoms with Crippen molar-refractivity contribution in [3.8, 4) is 0 Å². The lowest BCUT2D eigenvalue weighted by molar-refractivity contribution is 0.223. The highest BCUT2D eigenvalue weighted by Crippen LogP contribution is 2.21. The lowest BCUT2D eigenvalue weighted by Gasteiger charge is -2.26. The van der Waals surface area contributed by atoms with E-state index in [2.05, 4.69) is 30.8 Å². The monoisotopic (exact) mass is 308 g/mol. The maximum atomic E-state index is 5.59. The number of furan rings is 1. The van der Waals surface area contributed by atoms with Gasteiger partial charge in [-0.2, -0.15) is 0 Å². The summed E-state index contributed by atoms with van der Waals surface area (Å²) >= 11 is 3.38. The highest BCUT2D eigenvalue weighted by Gasteiger charge is 2.19. The quantitative estimate of drug-likeness (QED) is 0.918. The molecule has 0 radical (unpaired) electrons. The molecule has 0 bridgehead atoms. The molecule has 18 heavy (non-hydrogen) atoms. The van der Waals surface area contributed by atoms with Gasteiger partial charge < -0.3 is 10.2 Å². The largest absolute Gasteiger partial charge is 0.467 e. The second-order valence-electron chi connectivity index (χ2n) is 4.39. The van der Waals surface area contributed by atoms with Crippen molar-refractivity contribution in [2.45, 2.75) is 19.5 Å². The Hall–Kier alpha value is -1.40. The number of fused-ring (bicyclic) bond motifs is 1. The molecule has 0 saturated carbocycles. The Labute approximate surface area is 113 Å². The van der Waals surface area contributed by atoms with Crippen LogP contribution in [-0.2, 0) is 19.5 Å². The first-order valence-corrected chi connectivity index (χ1v) is 6.55. The number of rotatable bonds is 2. The first-order chi connectivity index (χ1) is 8.70. The van der Waals surface area contributed by atoms with Gasteiger partial charge in [-0.1, -0.05) is 0 Å². The number of aromatic nitrogens is 2. The summed E-state index contributed by atoms with van der Waals surface area (Å²) in [6, 6.07) is 2.00. The third-order valence-corrected chi connectivity index (χ3v) is 3.45. The summed E-state index contributed by atoms with van der Waals surface area (Å²) in [6.45, 7) is 2.60. The molecule has 0 spiro atoms. The zero-order valence-corrected chi connectivity index (χ0v) is 11.4. The van der Waals surface area contributed by atoms with E-state index in [9.17, 15) is 0 Å². The van der Waals surface area contributed by atoms with Crippen molar-refractivity contribution in [1.29, 1.82) is 0 Å². The van der Waals surface area contributed by atoms with Crippen molar-refractivity contribution in [3.63, 3.8) is 0 Å². The summed E-state index contributed by atoms with van der Waals surface area (Å²) in [4.78, 5) is 10.6. The molecule has 3 heterocycles. The van der Waals surface area contributed by atoms with Gasteiger partial charge in [0.15, 0.2) is 0 Å². The second kappa shape index (κ2) is 4.70. The first kappa shape index (κ1) is 11.7. The van der Waals surface area contributed by atoms with E-state index < -0.39 is 0 Å². The molecule has 0 fully saturated rings. The van der Waals surface area contributed by atoms with Crippen LogP contribution in [0.25, 0.3) is 0 Å². The average Bonchev–Trinajstić information content (AvgIpc) is 2.75. The molecule has 6 heteroatoms. The molecule has 0 unspecified atom stereocenters. The van der Waals surface area contributed by atoms with E-state index in [-0.39, 0.29) is 0 Å². The maximum absolute atomic E-state index is 5.59. The highest BCUT2D eigenvalue weighted by molar-refractivity contribution is 9.10. The molecule has 2 N–H and O–H groups in total. The van der Waals surface area contributed by atoms with Crippen LogP contribution in [0.4, 0.5) is 5.95 Å². The molecule has 2 aromatic heterocycles. The van der Waals surface area contributed by atoms with Crippen molar-refractivity contribution in [1.82, 2.24) is 14.9 Å². The summed E-state index contributed by atoms with van der Waals surface area (Å²) < 4.78 is 6.41. The van der Waals surface area contributed by atoms with Gasteiger partial charge in [0.2, 0.25) is 5.95 Å². The second-order valence-corrected chi connectivity index (χ2v) is 5.31. The van der Waals surface area contributed by atoms with Gasteiger partial charge in [0.05, 0.1) is 16.7 Å². The van der Waals surface area contributed by atoms with E-state index in [1.165, 1.54) is 0 Å². The number of nitrogen functional groups attached to an aromatic ring is 1. The van der Waals surface area contributed by atoms with Crippen molar-refractivity contribution in [2.24, 2.45) is 0 Å². The number of anilines is 1. The van der Waals surface area contributed by atoms with Crippen LogP contribution >= 0.6 is 15.9 Å². The number of hydrogen-bond acceptors (Lipinski definition) is 5. The summed E-state index contributed by atoms with van der Waals surface area (Å²) in [7, 11) is 0. The number of nitrogens with two attached hydrogens (primary N) is 1. The molecular weight excluding hydrogens is 296 g/mol. The molecule has 0 atom stereocenters. The zero-order valence-electron chi connectivity index (χ0n) is 9.77. The summed E-state index contributed by atoms with van der Waals surface area (Å²) in [5.74, 6) is 1.32. The number of halogens is 1. The van der Waals surface area contributed by atoms with Gasteiger partial charge in [-0.3, -0.25) is 4.90 Å². The summed E-state index contributed by atoms with van der Waals surface area (Å²) in [5.41, 5.74) is 7.81. The number of nitrogens with zero attached hydrogens (tertiary/aromatic N) is 3. The van der Waals surface area contributed by atoms with Gasteiger partial charge in [0, 0.05) is 31.3 Å². The molecule has 1 aliphatic rings. The van der Waals surface area contributed by atoms with Crippen molar-refractivity contribution < 1.29 is 4.42 Å². The Morgan fingerprint density at radius 1 is 1.50 bits per heavy atom. The number of hydrogen-bond donors (Lipinski definition) is 1. The summed E-state index contributed by atoms with van der Waals surface area (Å²) in [6.07, 6.45) is 4.43. The van der Waals surface area contributed by atoms with E-state index >= 15 is 0 Å². The fourth-order valence-electron chi connectivity index (χ4n) is 2.18. The van der Waals surface area contributed by atoms with Crippen LogP contribution in [0.1, 0.15) is 17.0 Å². The van der Waals surface area contributed by atoms with Crippen LogP contribution in [0.15, 0.2) is 27.4 Å². The van der Waals surface area contributed by atoms with Crippen molar-refractivity contribution >= 4 is 21.9 Å². The topological polar surface area (TPSA) is 68.2 Å². The van der Waals surface area contributed by atoms with E-state index in [4.69, 9.17) is 10.2 Å². The Balaban J connectivity index is 1.73. The molecule has 94 valence electrons. The van der Waals surface area contributed by atoms with E-state index in [0.29, 0.717) is 5.95 Å². The van der Waals surface area contributed by atoms with Crippen LogP contribution in [0.5, 0.6) is 0 Å². The Kier molecular flexibility index (Phi) is 3.05. The fourth-order valence-corrected chi connectivity index (χ4v) is 2.53. The third-order valence-electron chi connectivity index (χ3n) is 3.03. The van der Waals surface area contributed by atoms with Gasteiger partial charge >= 0.3 is 0 Å². The van der Waals surface area contributed by atoms with Crippen LogP contribution < -0.4 is 5.73 Å². The third kappa shape index (κ3) is 2.39. The molecule has 0 amide bonds. The Bertz CT molecular complexity index is 569. The van der Waals surface area contributed by atoms with Gasteiger partial charge in [0.25, 0.3) is 0 Å². The van der Waals surface area contributed by atoms with Gasteiger partial charge in [-0.05, 0) is 22.0 Å². The molecule has 5 nitrogen and oxygen atoms in total. The van der Waals surface area contributed by atoms with E-state index in [1.807, 2.05) is 12.3 Å². The van der Waals surface area contributed by atoms with Crippen molar-refractivity contribution in [3.05, 3.63) is 40.0 Å². The van der Waals surface area contributed by atoms with Crippen LogP contribution in [-0.4, -0.2) is 21.4 Å². The SMILES string of the molecule is Nc1ncc2c(n1)CCN(Cc1cc(Br)co1)C2. The van der Waals surface area contributed by atoms with Crippen LogP contribution in [0, 0.1) is 0 Å². The predicted molar refractivity (Wildman–Crippen MR) is 70.7 cm³/mol. The lowest BCUT2D eigenvalue weighted by atomic mass is 10.1. The van der Waals surface area contributed by atoms with Gasteiger partial charge in [-0.15, -0.1) is 0 Å². The van der Waals surface area contributed by atoms with Gasteiger partial charge in [0.1, 0.15) is 12.0 Å². The first-order valence-electron chi connectivity index (χ1n) is 5.76.